The fraction of sp³-hybridized carbons (Fsp3) is 0.393. The summed E-state index contributed by atoms with van der Waals surface area (Å²) in [7, 11) is 0. The van der Waals surface area contributed by atoms with Crippen LogP contribution in [-0.2, 0) is 0 Å². The molecule has 8 heteroatoms. The Bertz CT molecular complexity index is 1320. The summed E-state index contributed by atoms with van der Waals surface area (Å²) < 4.78 is 0. The number of aromatic hydroxyl groups is 1. The predicted molar refractivity (Wildman–Crippen MR) is 142 cm³/mol. The second-order valence-corrected chi connectivity index (χ2v) is 10.0. The van der Waals surface area contributed by atoms with Gasteiger partial charge in [0.2, 0.25) is 0 Å². The summed E-state index contributed by atoms with van der Waals surface area (Å²) in [5, 5.41) is 18.7. The minimum Gasteiger partial charge on any atom is -0.507 e. The maximum Gasteiger partial charge on any atom is 0.169 e. The van der Waals surface area contributed by atoms with E-state index in [2.05, 4.69) is 60.8 Å². The van der Waals surface area contributed by atoms with Crippen molar-refractivity contribution in [2.45, 2.75) is 44.3 Å². The zero-order valence-corrected chi connectivity index (χ0v) is 20.5. The van der Waals surface area contributed by atoms with Crippen molar-refractivity contribution in [3.8, 4) is 28.8 Å². The molecule has 3 aromatic rings. The first-order valence-electron chi connectivity index (χ1n) is 12.7. The Labute approximate surface area is 211 Å². The van der Waals surface area contributed by atoms with Gasteiger partial charge in [0.05, 0.1) is 17.9 Å². The number of benzene rings is 1. The molecule has 0 spiro atoms. The van der Waals surface area contributed by atoms with Gasteiger partial charge in [-0.1, -0.05) is 18.1 Å². The molecular weight excluding hydrogens is 450 g/mol. The Morgan fingerprint density at radius 3 is 2.58 bits per heavy atom. The molecule has 3 N–H and O–H groups in total. The van der Waals surface area contributed by atoms with Crippen LogP contribution in [0.2, 0.25) is 0 Å². The first-order chi connectivity index (χ1) is 17.6. The van der Waals surface area contributed by atoms with E-state index in [1.807, 2.05) is 24.4 Å². The Morgan fingerprint density at radius 1 is 1.06 bits per heavy atom. The first kappa shape index (κ1) is 22.6. The zero-order valence-electron chi connectivity index (χ0n) is 20.5. The van der Waals surface area contributed by atoms with E-state index >= 15 is 0 Å². The van der Waals surface area contributed by atoms with Gasteiger partial charge in [-0.05, 0) is 62.4 Å². The standard InChI is InChI=1S/C28H31N7O/c1-19-11-14-33(19)13-4-5-20-15-21(10-12-30-20)35-22-8-9-23(35)18-34(17-22)26-16-25(31-32-28(26)29)24-6-2-3-7-27(24)36/h2-3,6-7,10,12,15-16,19,22-23,36H,8-9,11,13-14,17-18H2,1H3,(H2,29,32). The van der Waals surface area contributed by atoms with Crippen LogP contribution in [0.5, 0.6) is 5.75 Å². The fourth-order valence-electron chi connectivity index (χ4n) is 5.67. The first-order valence-corrected chi connectivity index (χ1v) is 12.7. The van der Waals surface area contributed by atoms with Gasteiger partial charge in [-0.15, -0.1) is 10.2 Å². The van der Waals surface area contributed by atoms with Gasteiger partial charge < -0.3 is 20.6 Å². The minimum absolute atomic E-state index is 0.184. The number of fused-ring (bicyclic) bond motifs is 2. The van der Waals surface area contributed by atoms with Crippen LogP contribution < -0.4 is 15.5 Å². The number of phenolic OH excluding ortho intramolecular Hbond substituents is 1. The number of hydrogen-bond donors (Lipinski definition) is 2. The van der Waals surface area contributed by atoms with Crippen LogP contribution in [0.4, 0.5) is 17.2 Å². The number of likely N-dealkylation sites (tertiary alicyclic amines) is 1. The Morgan fingerprint density at radius 2 is 1.86 bits per heavy atom. The molecule has 2 bridgehead atoms. The summed E-state index contributed by atoms with van der Waals surface area (Å²) >= 11 is 0. The number of piperazine rings is 1. The van der Waals surface area contributed by atoms with E-state index in [1.54, 1.807) is 12.1 Å². The van der Waals surface area contributed by atoms with Crippen LogP contribution in [0, 0.1) is 11.8 Å². The monoisotopic (exact) mass is 481 g/mol. The van der Waals surface area contributed by atoms with Gasteiger partial charge in [-0.3, -0.25) is 4.90 Å². The van der Waals surface area contributed by atoms with Gasteiger partial charge in [-0.25, -0.2) is 4.98 Å². The maximum atomic E-state index is 10.3. The van der Waals surface area contributed by atoms with Crippen LogP contribution in [0.25, 0.3) is 11.3 Å². The van der Waals surface area contributed by atoms with Crippen molar-refractivity contribution in [3.05, 3.63) is 54.4 Å². The number of rotatable bonds is 4. The van der Waals surface area contributed by atoms with Crippen molar-refractivity contribution >= 4 is 17.2 Å². The number of nitrogens with zero attached hydrogens (tertiary/aromatic N) is 6. The second-order valence-electron chi connectivity index (χ2n) is 10.0. The molecule has 0 amide bonds. The third-order valence-electron chi connectivity index (χ3n) is 7.80. The normalized spacial score (nSPS) is 23.2. The van der Waals surface area contributed by atoms with E-state index in [0.29, 0.717) is 35.2 Å². The molecule has 184 valence electrons. The molecular formula is C28H31N7O. The average Bonchev–Trinajstić information content (AvgIpc) is 3.16. The molecule has 3 saturated heterocycles. The Hall–Kier alpha value is -3.83. The van der Waals surface area contributed by atoms with Crippen molar-refractivity contribution in [2.24, 2.45) is 0 Å². The van der Waals surface area contributed by atoms with Crippen molar-refractivity contribution in [1.82, 2.24) is 20.1 Å². The third-order valence-corrected chi connectivity index (χ3v) is 7.80. The lowest BCUT2D eigenvalue weighted by Gasteiger charge is -2.43. The number of nitrogens with two attached hydrogens (primary N) is 1. The molecule has 8 nitrogen and oxygen atoms in total. The summed E-state index contributed by atoms with van der Waals surface area (Å²) in [6.07, 6.45) is 5.40. The number of phenols is 1. The molecule has 5 heterocycles. The number of nitrogen functional groups attached to an aromatic ring is 1. The van der Waals surface area contributed by atoms with Crippen molar-refractivity contribution < 1.29 is 5.11 Å². The van der Waals surface area contributed by atoms with Gasteiger partial charge >= 0.3 is 0 Å². The van der Waals surface area contributed by atoms with Gasteiger partial charge in [-0.2, -0.15) is 0 Å². The van der Waals surface area contributed by atoms with Crippen LogP contribution in [0.15, 0.2) is 48.7 Å². The van der Waals surface area contributed by atoms with Crippen molar-refractivity contribution in [1.29, 1.82) is 0 Å². The van der Waals surface area contributed by atoms with Crippen molar-refractivity contribution in [3.63, 3.8) is 0 Å². The number of anilines is 3. The summed E-state index contributed by atoms with van der Waals surface area (Å²) in [6, 6.07) is 14.7. The number of pyridine rings is 1. The molecule has 3 aliphatic heterocycles. The number of aromatic nitrogens is 3. The highest BCUT2D eigenvalue weighted by molar-refractivity contribution is 5.74. The highest BCUT2D eigenvalue weighted by Crippen LogP contribution is 2.39. The van der Waals surface area contributed by atoms with Crippen molar-refractivity contribution in [2.75, 3.05) is 41.7 Å². The molecule has 3 unspecified atom stereocenters. The van der Waals surface area contributed by atoms with E-state index < -0.39 is 0 Å². The molecule has 0 aliphatic carbocycles. The van der Waals surface area contributed by atoms with E-state index in [1.165, 1.54) is 12.1 Å². The SMILES string of the molecule is CC1CCN1CC#Cc1cc(N2C3CCC2CN(c2cc(-c4ccccc4O)nnc2N)C3)ccn1. The zero-order chi connectivity index (χ0) is 24.6. The Kier molecular flexibility index (Phi) is 5.86. The highest BCUT2D eigenvalue weighted by Gasteiger charge is 2.40. The largest absolute Gasteiger partial charge is 0.507 e. The molecule has 0 saturated carbocycles. The lowest BCUT2D eigenvalue weighted by Crippen LogP contribution is -2.54. The summed E-state index contributed by atoms with van der Waals surface area (Å²) in [5.41, 5.74) is 10.5. The molecule has 6 rings (SSSR count). The smallest absolute Gasteiger partial charge is 0.169 e. The van der Waals surface area contributed by atoms with Crippen LogP contribution in [-0.4, -0.2) is 69.5 Å². The van der Waals surface area contributed by atoms with E-state index in [9.17, 15) is 5.11 Å². The Balaban J connectivity index is 1.20. The lowest BCUT2D eigenvalue weighted by atomic mass is 10.1. The second kappa shape index (κ2) is 9.32. The highest BCUT2D eigenvalue weighted by atomic mass is 16.3. The summed E-state index contributed by atoms with van der Waals surface area (Å²) in [5.74, 6) is 7.17. The topological polar surface area (TPSA) is 94.6 Å². The number of hydrogen-bond acceptors (Lipinski definition) is 8. The molecule has 2 aromatic heterocycles. The van der Waals surface area contributed by atoms with Crippen LogP contribution in [0.1, 0.15) is 31.9 Å². The quantitative estimate of drug-likeness (QED) is 0.549. The predicted octanol–water partition coefficient (Wildman–Crippen LogP) is 3.13. The van der Waals surface area contributed by atoms with Crippen LogP contribution >= 0.6 is 0 Å². The molecule has 0 radical (unpaired) electrons. The average molecular weight is 482 g/mol. The molecule has 1 aromatic carbocycles. The molecule has 3 atom stereocenters. The summed E-state index contributed by atoms with van der Waals surface area (Å²) in [4.78, 5) is 11.8. The van der Waals surface area contributed by atoms with E-state index in [0.717, 1.165) is 50.4 Å². The maximum absolute atomic E-state index is 10.3. The fourth-order valence-corrected chi connectivity index (χ4v) is 5.67. The number of para-hydroxylation sites is 1. The summed E-state index contributed by atoms with van der Waals surface area (Å²) in [6.45, 7) is 5.90. The molecule has 3 fully saturated rings. The molecule has 3 aliphatic rings. The van der Waals surface area contributed by atoms with E-state index in [-0.39, 0.29) is 5.75 Å². The van der Waals surface area contributed by atoms with Gasteiger partial charge in [0, 0.05) is 55.2 Å². The van der Waals surface area contributed by atoms with Crippen LogP contribution in [0.3, 0.4) is 0 Å². The molecule has 36 heavy (non-hydrogen) atoms. The van der Waals surface area contributed by atoms with Gasteiger partial charge in [0.15, 0.2) is 5.82 Å². The van der Waals surface area contributed by atoms with Gasteiger partial charge in [0.1, 0.15) is 11.4 Å². The minimum atomic E-state index is 0.184. The van der Waals surface area contributed by atoms with Gasteiger partial charge in [0.25, 0.3) is 0 Å². The van der Waals surface area contributed by atoms with E-state index in [4.69, 9.17) is 5.73 Å². The third kappa shape index (κ3) is 4.20. The lowest BCUT2D eigenvalue weighted by molar-refractivity contribution is 0.124.